The van der Waals surface area contributed by atoms with Crippen LogP contribution >= 0.6 is 0 Å². The Kier molecular flexibility index (Phi) is 10.1. The smallest absolute Gasteiger partial charge is 0.333 e. The van der Waals surface area contributed by atoms with Gasteiger partial charge in [0.15, 0.2) is 8.32 Å². The predicted molar refractivity (Wildman–Crippen MR) is 109 cm³/mol. The van der Waals surface area contributed by atoms with E-state index >= 15 is 0 Å². The molecule has 5 heteroatoms. The molecule has 0 saturated carbocycles. The fraction of sp³-hybridized carbons (Fsp3) is 0.714. The Morgan fingerprint density at radius 1 is 1.27 bits per heavy atom. The summed E-state index contributed by atoms with van der Waals surface area (Å²) in [6, 6.07) is 0. The first kappa shape index (κ1) is 24.6. The summed E-state index contributed by atoms with van der Waals surface area (Å²) in [4.78, 5) is 24.1. The summed E-state index contributed by atoms with van der Waals surface area (Å²) in [6.45, 7) is 14.5. The largest absolute Gasteiger partial charge is 0.466 e. The molecule has 2 atom stereocenters. The Morgan fingerprint density at radius 2 is 1.85 bits per heavy atom. The number of ketones is 1. The number of rotatable bonds is 10. The zero-order valence-corrected chi connectivity index (χ0v) is 18.8. The number of terminal acetylenes is 1. The number of unbranched alkanes of at least 4 members (excludes halogenated alkanes) is 1. The Morgan fingerprint density at radius 3 is 2.31 bits per heavy atom. The number of Topliss-reactive ketones (excluding diaryl/α,β-unsaturated/α-hetero) is 1. The predicted octanol–water partition coefficient (Wildman–Crippen LogP) is 4.89. The molecule has 0 aliphatic rings. The molecule has 0 heterocycles. The third kappa shape index (κ3) is 7.88. The molecule has 0 rings (SSSR count). The van der Waals surface area contributed by atoms with Crippen LogP contribution in [0.5, 0.6) is 0 Å². The first-order valence-corrected chi connectivity index (χ1v) is 12.2. The Labute approximate surface area is 160 Å². The molecule has 0 bridgehead atoms. The maximum absolute atomic E-state index is 12.7. The Hall–Kier alpha value is -1.38. The lowest BCUT2D eigenvalue weighted by Crippen LogP contribution is -2.46. The van der Waals surface area contributed by atoms with Crippen LogP contribution in [-0.4, -0.2) is 33.3 Å². The third-order valence-corrected chi connectivity index (χ3v) is 9.75. The van der Waals surface area contributed by atoms with Gasteiger partial charge in [-0.15, -0.1) is 12.3 Å². The van der Waals surface area contributed by atoms with Crippen LogP contribution in [0.25, 0.3) is 0 Å². The van der Waals surface area contributed by atoms with E-state index in [4.69, 9.17) is 10.8 Å². The minimum Gasteiger partial charge on any atom is -0.466 e. The van der Waals surface area contributed by atoms with E-state index < -0.39 is 14.3 Å². The quantitative estimate of drug-likeness (QED) is 0.178. The van der Waals surface area contributed by atoms with Crippen molar-refractivity contribution in [3.05, 3.63) is 11.6 Å². The van der Waals surface area contributed by atoms with Crippen molar-refractivity contribution in [3.8, 4) is 12.3 Å². The maximum atomic E-state index is 12.7. The topological polar surface area (TPSA) is 52.6 Å². The summed E-state index contributed by atoms with van der Waals surface area (Å²) in [7, 11) is -0.667. The van der Waals surface area contributed by atoms with Crippen molar-refractivity contribution < 1.29 is 18.8 Å². The number of carbonyl (C=O) groups is 2. The van der Waals surface area contributed by atoms with Crippen molar-refractivity contribution in [2.75, 3.05) is 7.11 Å². The van der Waals surface area contributed by atoms with Gasteiger partial charge in [-0.2, -0.15) is 0 Å². The van der Waals surface area contributed by atoms with E-state index in [1.165, 1.54) is 7.11 Å². The fourth-order valence-electron chi connectivity index (χ4n) is 2.26. The highest BCUT2D eigenvalue weighted by Gasteiger charge is 2.40. The van der Waals surface area contributed by atoms with Crippen LogP contribution in [0.2, 0.25) is 18.1 Å². The fourth-order valence-corrected chi connectivity index (χ4v) is 3.70. The van der Waals surface area contributed by atoms with Gasteiger partial charge in [-0.3, -0.25) is 4.79 Å². The lowest BCUT2D eigenvalue weighted by molar-refractivity contribution is -0.136. The zero-order valence-electron chi connectivity index (χ0n) is 17.8. The second-order valence-electron chi connectivity index (χ2n) is 8.35. The van der Waals surface area contributed by atoms with Gasteiger partial charge in [-0.25, -0.2) is 4.79 Å². The van der Waals surface area contributed by atoms with Gasteiger partial charge in [-0.05, 0) is 37.9 Å². The van der Waals surface area contributed by atoms with Crippen LogP contribution in [0.15, 0.2) is 11.6 Å². The lowest BCUT2D eigenvalue weighted by atomic mass is 9.93. The molecular formula is C21H36O4Si. The van der Waals surface area contributed by atoms with Crippen molar-refractivity contribution in [1.29, 1.82) is 0 Å². The van der Waals surface area contributed by atoms with Gasteiger partial charge < -0.3 is 9.16 Å². The molecule has 0 aromatic rings. The number of esters is 1. The number of allylic oxidation sites excluding steroid dienone is 1. The van der Waals surface area contributed by atoms with Gasteiger partial charge in [0, 0.05) is 24.3 Å². The van der Waals surface area contributed by atoms with Crippen LogP contribution in [-0.2, 0) is 18.8 Å². The zero-order chi connectivity index (χ0) is 20.5. The molecule has 0 aliphatic carbocycles. The molecule has 0 unspecified atom stereocenters. The molecule has 0 amide bonds. The van der Waals surface area contributed by atoms with E-state index in [1.807, 2.05) is 6.92 Å². The standard InChI is InChI=1S/C21H36O4Si/c1-10-11-12-13-19(25-26(8,9)21(4,5)6)17(3)18(22)15-14-16(2)20(23)24-7/h1,14,17,19H,11-13,15H2,2-9H3/b16-14+/t17-,19+/m0/s1. The van der Waals surface area contributed by atoms with Crippen molar-refractivity contribution in [1.82, 2.24) is 0 Å². The van der Waals surface area contributed by atoms with E-state index in [2.05, 4.69) is 44.5 Å². The first-order valence-electron chi connectivity index (χ1n) is 9.26. The summed E-state index contributed by atoms with van der Waals surface area (Å²) in [6.07, 6.45) is 9.34. The van der Waals surface area contributed by atoms with E-state index in [9.17, 15) is 9.59 Å². The number of carbonyl (C=O) groups excluding carboxylic acids is 2. The summed E-state index contributed by atoms with van der Waals surface area (Å²) < 4.78 is 11.2. The molecule has 0 fully saturated rings. The molecule has 0 N–H and O–H groups in total. The second-order valence-corrected chi connectivity index (χ2v) is 13.1. The number of methoxy groups -OCH3 is 1. The van der Waals surface area contributed by atoms with Gasteiger partial charge in [0.1, 0.15) is 5.78 Å². The van der Waals surface area contributed by atoms with Crippen LogP contribution < -0.4 is 0 Å². The monoisotopic (exact) mass is 380 g/mol. The van der Waals surface area contributed by atoms with Gasteiger partial charge in [0.05, 0.1) is 13.2 Å². The summed E-state index contributed by atoms with van der Waals surface area (Å²) >= 11 is 0. The van der Waals surface area contributed by atoms with Crippen molar-refractivity contribution in [3.63, 3.8) is 0 Å². The van der Waals surface area contributed by atoms with Gasteiger partial charge in [-0.1, -0.05) is 33.8 Å². The third-order valence-electron chi connectivity index (χ3n) is 5.24. The van der Waals surface area contributed by atoms with E-state index in [-0.39, 0.29) is 29.3 Å². The van der Waals surface area contributed by atoms with Crippen LogP contribution in [0.3, 0.4) is 0 Å². The van der Waals surface area contributed by atoms with Crippen molar-refractivity contribution in [2.24, 2.45) is 5.92 Å². The van der Waals surface area contributed by atoms with Gasteiger partial charge in [0.2, 0.25) is 0 Å². The molecule has 0 saturated heterocycles. The Bertz CT molecular complexity index is 549. The summed E-state index contributed by atoms with van der Waals surface area (Å²) in [5, 5.41) is 0.0709. The maximum Gasteiger partial charge on any atom is 0.333 e. The van der Waals surface area contributed by atoms with E-state index in [0.29, 0.717) is 12.0 Å². The molecule has 148 valence electrons. The van der Waals surface area contributed by atoms with Crippen molar-refractivity contribution >= 4 is 20.1 Å². The minimum absolute atomic E-state index is 0.0673. The second kappa shape index (κ2) is 10.7. The number of hydrogen-bond acceptors (Lipinski definition) is 4. The Balaban J connectivity index is 5.20. The average Bonchev–Trinajstić information content (AvgIpc) is 2.55. The van der Waals surface area contributed by atoms with Crippen molar-refractivity contribution in [2.45, 2.75) is 84.5 Å². The van der Waals surface area contributed by atoms with E-state index in [1.54, 1.807) is 13.0 Å². The average molecular weight is 381 g/mol. The normalized spacial score (nSPS) is 15.1. The minimum atomic E-state index is -2.00. The summed E-state index contributed by atoms with van der Waals surface area (Å²) in [5.74, 6) is 2.07. The van der Waals surface area contributed by atoms with Crippen LogP contribution in [0.4, 0.5) is 0 Å². The van der Waals surface area contributed by atoms with Crippen LogP contribution in [0, 0.1) is 18.3 Å². The molecule has 26 heavy (non-hydrogen) atoms. The molecule has 0 aliphatic heterocycles. The highest BCUT2D eigenvalue weighted by atomic mass is 28.4. The van der Waals surface area contributed by atoms with Gasteiger partial charge >= 0.3 is 5.97 Å². The number of hydrogen-bond donors (Lipinski definition) is 0. The first-order chi connectivity index (χ1) is 11.9. The molecule has 0 aromatic carbocycles. The highest BCUT2D eigenvalue weighted by molar-refractivity contribution is 6.74. The number of ether oxygens (including phenoxy) is 1. The lowest BCUT2D eigenvalue weighted by Gasteiger charge is -2.40. The molecule has 0 spiro atoms. The molecular weight excluding hydrogens is 344 g/mol. The highest BCUT2D eigenvalue weighted by Crippen LogP contribution is 2.39. The van der Waals surface area contributed by atoms with E-state index in [0.717, 1.165) is 12.8 Å². The molecule has 4 nitrogen and oxygen atoms in total. The van der Waals surface area contributed by atoms with Gasteiger partial charge in [0.25, 0.3) is 0 Å². The molecule has 0 radical (unpaired) electrons. The molecule has 0 aromatic heterocycles. The summed E-state index contributed by atoms with van der Waals surface area (Å²) in [5.41, 5.74) is 0.447. The SMILES string of the molecule is C#CCCC[C@@H](O[Si](C)(C)C(C)(C)C)[C@@H](C)C(=O)C/C=C(\C)C(=O)OC. The van der Waals surface area contributed by atoms with Crippen LogP contribution in [0.1, 0.15) is 60.3 Å².